The van der Waals surface area contributed by atoms with E-state index in [1.54, 1.807) is 0 Å². The van der Waals surface area contributed by atoms with Crippen LogP contribution in [0.4, 0.5) is 0 Å². The molecular weight excluding hydrogens is 639 g/mol. The maximum Gasteiger partial charge on any atom is 0.0894 e. The molecule has 0 unspecified atom stereocenters. The summed E-state index contributed by atoms with van der Waals surface area (Å²) in [6.07, 6.45) is 1.96. The van der Waals surface area contributed by atoms with Crippen LogP contribution in [-0.2, 0) is 0 Å². The Morgan fingerprint density at radius 3 is 1.31 bits per heavy atom. The molecule has 0 radical (unpaired) electrons. The summed E-state index contributed by atoms with van der Waals surface area (Å²) in [5.74, 6) is 0. The lowest BCUT2D eigenvalue weighted by atomic mass is 10.0. The molecule has 0 bridgehead atoms. The predicted molar refractivity (Wildman–Crippen MR) is 217 cm³/mol. The van der Waals surface area contributed by atoms with Crippen LogP contribution in [-0.4, -0.2) is 14.1 Å². The number of nitrogens with zero attached hydrogens (tertiary/aromatic N) is 3. The number of pyridine rings is 1. The lowest BCUT2D eigenvalue weighted by molar-refractivity contribution is 1.18. The van der Waals surface area contributed by atoms with E-state index in [-0.39, 0.29) is 0 Å². The number of fused-ring (bicyclic) bond motifs is 9. The highest BCUT2D eigenvalue weighted by Gasteiger charge is 2.18. The summed E-state index contributed by atoms with van der Waals surface area (Å²) in [6.45, 7) is 0. The van der Waals surface area contributed by atoms with Gasteiger partial charge in [0.15, 0.2) is 0 Å². The highest BCUT2D eigenvalue weighted by atomic mass is 32.1. The van der Waals surface area contributed by atoms with Crippen LogP contribution in [0.3, 0.4) is 0 Å². The van der Waals surface area contributed by atoms with Gasteiger partial charge >= 0.3 is 0 Å². The van der Waals surface area contributed by atoms with E-state index in [1.165, 1.54) is 80.7 Å². The summed E-state index contributed by atoms with van der Waals surface area (Å²) < 4.78 is 7.24. The van der Waals surface area contributed by atoms with Crippen LogP contribution in [0, 0.1) is 0 Å². The Hall–Kier alpha value is -6.49. The van der Waals surface area contributed by atoms with Gasteiger partial charge in [0.1, 0.15) is 0 Å². The minimum Gasteiger partial charge on any atom is -0.309 e. The zero-order valence-electron chi connectivity index (χ0n) is 27.5. The van der Waals surface area contributed by atoms with Crippen LogP contribution in [0.25, 0.3) is 97.5 Å². The van der Waals surface area contributed by atoms with Crippen LogP contribution in [0.5, 0.6) is 0 Å². The van der Waals surface area contributed by atoms with Crippen molar-refractivity contribution in [1.82, 2.24) is 14.1 Å². The van der Waals surface area contributed by atoms with Crippen molar-refractivity contribution in [2.75, 3.05) is 0 Å². The fraction of sp³-hybridized carbons (Fsp3) is 0. The first-order valence-corrected chi connectivity index (χ1v) is 18.1. The minimum atomic E-state index is 1.05. The van der Waals surface area contributed by atoms with Gasteiger partial charge < -0.3 is 9.13 Å². The number of hydrogen-bond acceptors (Lipinski definition) is 2. The largest absolute Gasteiger partial charge is 0.309 e. The Morgan fingerprint density at radius 1 is 0.373 bits per heavy atom. The van der Waals surface area contributed by atoms with Crippen LogP contribution in [0.1, 0.15) is 0 Å². The van der Waals surface area contributed by atoms with Gasteiger partial charge in [0.25, 0.3) is 0 Å². The van der Waals surface area contributed by atoms with E-state index in [9.17, 15) is 0 Å². The van der Waals surface area contributed by atoms with Crippen molar-refractivity contribution in [2.24, 2.45) is 0 Å². The van der Waals surface area contributed by atoms with Crippen molar-refractivity contribution in [3.05, 3.63) is 176 Å². The molecule has 11 aromatic rings. The van der Waals surface area contributed by atoms with Crippen molar-refractivity contribution >= 4 is 75.3 Å². The standard InChI is InChI=1S/C47H29N3S/c1-5-22-41-36(16-1)37-17-2-6-23-42(37)49(41)32-14-9-12-30(28-32)34-20-11-21-40-45-47(51-46(34)40)35(26-27-48-45)31-13-10-15-33(29-31)50-43-24-7-3-18-38(43)39-19-4-8-25-44(39)50/h1-29H. The third-order valence-electron chi connectivity index (χ3n) is 10.4. The van der Waals surface area contributed by atoms with Crippen LogP contribution in [0.2, 0.25) is 0 Å². The molecule has 0 saturated heterocycles. The summed E-state index contributed by atoms with van der Waals surface area (Å²) in [4.78, 5) is 4.97. The van der Waals surface area contributed by atoms with E-state index >= 15 is 0 Å². The molecule has 7 aromatic carbocycles. The van der Waals surface area contributed by atoms with Gasteiger partial charge in [-0.15, -0.1) is 11.3 Å². The van der Waals surface area contributed by atoms with E-state index in [0.717, 1.165) is 16.9 Å². The molecule has 4 heteroatoms. The third-order valence-corrected chi connectivity index (χ3v) is 11.6. The Labute approximate surface area is 297 Å². The molecule has 0 atom stereocenters. The normalized spacial score (nSPS) is 11.9. The van der Waals surface area contributed by atoms with E-state index in [0.29, 0.717) is 0 Å². The first-order chi connectivity index (χ1) is 25.3. The summed E-state index contributed by atoms with van der Waals surface area (Å²) in [5.41, 5.74) is 13.0. The topological polar surface area (TPSA) is 22.8 Å². The number of thiophene rings is 1. The van der Waals surface area contributed by atoms with Gasteiger partial charge in [0, 0.05) is 54.8 Å². The monoisotopic (exact) mass is 667 g/mol. The molecule has 0 aliphatic rings. The number of para-hydroxylation sites is 4. The van der Waals surface area contributed by atoms with Crippen molar-refractivity contribution < 1.29 is 0 Å². The molecular formula is C47H29N3S. The molecule has 11 rings (SSSR count). The molecule has 0 aliphatic heterocycles. The van der Waals surface area contributed by atoms with Crippen molar-refractivity contribution in [1.29, 1.82) is 0 Å². The second kappa shape index (κ2) is 11.0. The first-order valence-electron chi connectivity index (χ1n) is 17.3. The van der Waals surface area contributed by atoms with Gasteiger partial charge in [-0.25, -0.2) is 0 Å². The maximum atomic E-state index is 4.97. The second-order valence-electron chi connectivity index (χ2n) is 13.2. The lowest BCUT2D eigenvalue weighted by Gasteiger charge is -2.11. The highest BCUT2D eigenvalue weighted by Crippen LogP contribution is 2.44. The van der Waals surface area contributed by atoms with E-state index in [4.69, 9.17) is 4.98 Å². The smallest absolute Gasteiger partial charge is 0.0894 e. The average molecular weight is 668 g/mol. The number of rotatable bonds is 4. The summed E-state index contributed by atoms with van der Waals surface area (Å²) in [5, 5.41) is 6.26. The molecule has 0 fully saturated rings. The highest BCUT2D eigenvalue weighted by molar-refractivity contribution is 7.26. The maximum absolute atomic E-state index is 4.97. The van der Waals surface area contributed by atoms with Gasteiger partial charge in [-0.2, -0.15) is 0 Å². The van der Waals surface area contributed by atoms with Crippen LogP contribution < -0.4 is 0 Å². The molecule has 51 heavy (non-hydrogen) atoms. The molecule has 0 saturated carbocycles. The molecule has 4 heterocycles. The molecule has 3 nitrogen and oxygen atoms in total. The Kier molecular flexibility index (Phi) is 6.12. The molecule has 4 aromatic heterocycles. The number of hydrogen-bond donors (Lipinski definition) is 0. The Morgan fingerprint density at radius 2 is 0.804 bits per heavy atom. The molecule has 0 spiro atoms. The molecule has 238 valence electrons. The molecule has 0 aliphatic carbocycles. The Bertz CT molecular complexity index is 2840. The third kappa shape index (κ3) is 4.21. The van der Waals surface area contributed by atoms with Crippen LogP contribution in [0.15, 0.2) is 176 Å². The fourth-order valence-electron chi connectivity index (χ4n) is 8.16. The van der Waals surface area contributed by atoms with Gasteiger partial charge in [-0.3, -0.25) is 4.98 Å². The van der Waals surface area contributed by atoms with E-state index in [1.807, 2.05) is 17.5 Å². The molecule has 0 amide bonds. The number of aromatic nitrogens is 3. The lowest BCUT2D eigenvalue weighted by Crippen LogP contribution is -1.94. The van der Waals surface area contributed by atoms with E-state index in [2.05, 4.69) is 179 Å². The first kappa shape index (κ1) is 28.4. The van der Waals surface area contributed by atoms with Crippen LogP contribution >= 0.6 is 11.3 Å². The van der Waals surface area contributed by atoms with E-state index < -0.39 is 0 Å². The summed E-state index contributed by atoms with van der Waals surface area (Å²) in [6, 6.07) is 61.5. The van der Waals surface area contributed by atoms with Crippen molar-refractivity contribution in [3.63, 3.8) is 0 Å². The quantitative estimate of drug-likeness (QED) is 0.183. The Balaban J connectivity index is 1.08. The van der Waals surface area contributed by atoms with Crippen molar-refractivity contribution in [3.8, 4) is 33.6 Å². The fourth-order valence-corrected chi connectivity index (χ4v) is 9.49. The average Bonchev–Trinajstić information content (AvgIpc) is 3.86. The van der Waals surface area contributed by atoms with Gasteiger partial charge in [0.05, 0.1) is 32.3 Å². The zero-order valence-corrected chi connectivity index (χ0v) is 28.3. The van der Waals surface area contributed by atoms with Gasteiger partial charge in [0.2, 0.25) is 0 Å². The number of benzene rings is 7. The second-order valence-corrected chi connectivity index (χ2v) is 14.2. The predicted octanol–water partition coefficient (Wildman–Crippen LogP) is 13.0. The van der Waals surface area contributed by atoms with Gasteiger partial charge in [-0.05, 0) is 71.3 Å². The SMILES string of the molecule is c1cc(-c2cccc3c2sc2c(-c4cccc(-n5c6ccccc6c6ccccc65)c4)ccnc23)cc(-n2c3ccccc3c3ccccc32)c1. The summed E-state index contributed by atoms with van der Waals surface area (Å²) >= 11 is 1.85. The van der Waals surface area contributed by atoms with Crippen molar-refractivity contribution in [2.45, 2.75) is 0 Å². The van der Waals surface area contributed by atoms with Gasteiger partial charge in [-0.1, -0.05) is 115 Å². The minimum absolute atomic E-state index is 1.05. The zero-order chi connectivity index (χ0) is 33.5. The molecule has 0 N–H and O–H groups in total. The summed E-state index contributed by atoms with van der Waals surface area (Å²) in [7, 11) is 0.